The van der Waals surface area contributed by atoms with Crippen LogP contribution in [0.15, 0.2) is 53.7 Å². The lowest BCUT2D eigenvalue weighted by Crippen LogP contribution is -2.22. The Kier molecular flexibility index (Phi) is 7.65. The van der Waals surface area contributed by atoms with Gasteiger partial charge in [-0.15, -0.1) is 24.0 Å². The molecule has 0 unspecified atom stereocenters. The number of benzene rings is 1. The van der Waals surface area contributed by atoms with Gasteiger partial charge in [-0.05, 0) is 31.5 Å². The van der Waals surface area contributed by atoms with Gasteiger partial charge in [0.05, 0.1) is 12.6 Å². The van der Waals surface area contributed by atoms with Gasteiger partial charge in [0, 0.05) is 18.0 Å². The first-order valence-corrected chi connectivity index (χ1v) is 6.87. The lowest BCUT2D eigenvalue weighted by Gasteiger charge is -2.08. The summed E-state index contributed by atoms with van der Waals surface area (Å²) in [5, 5.41) is 3.03. The van der Waals surface area contributed by atoms with Crippen molar-refractivity contribution in [3.8, 4) is 5.88 Å². The largest absolute Gasteiger partial charge is 0.475 e. The second-order valence-electron chi connectivity index (χ2n) is 4.86. The molecular weight excluding hydrogens is 391 g/mol. The third-order valence-electron chi connectivity index (χ3n) is 2.63. The number of pyridine rings is 1. The van der Waals surface area contributed by atoms with Crippen LogP contribution < -0.4 is 15.8 Å². The van der Waals surface area contributed by atoms with Crippen molar-refractivity contribution in [2.45, 2.75) is 26.5 Å². The molecule has 0 aliphatic carbocycles. The number of nitrogens with one attached hydrogen (secondary N) is 1. The van der Waals surface area contributed by atoms with E-state index in [1.54, 1.807) is 6.20 Å². The lowest BCUT2D eigenvalue weighted by molar-refractivity contribution is 0.232. The molecule has 0 radical (unpaired) electrons. The number of rotatable bonds is 5. The van der Waals surface area contributed by atoms with Crippen LogP contribution in [0, 0.1) is 0 Å². The van der Waals surface area contributed by atoms with Crippen molar-refractivity contribution >= 4 is 35.6 Å². The van der Waals surface area contributed by atoms with Crippen LogP contribution in [0.5, 0.6) is 5.88 Å². The molecule has 0 fully saturated rings. The van der Waals surface area contributed by atoms with Crippen molar-refractivity contribution in [3.63, 3.8) is 0 Å². The van der Waals surface area contributed by atoms with E-state index < -0.39 is 0 Å². The number of aliphatic imine (C=N–C) groups is 1. The van der Waals surface area contributed by atoms with Gasteiger partial charge in [0.25, 0.3) is 0 Å². The van der Waals surface area contributed by atoms with Crippen molar-refractivity contribution in [2.75, 3.05) is 5.32 Å². The molecular formula is C16H21IN4O. The van der Waals surface area contributed by atoms with Gasteiger partial charge in [0.15, 0.2) is 5.96 Å². The molecule has 0 spiro atoms. The Morgan fingerprint density at radius 1 is 1.23 bits per heavy atom. The number of halogens is 1. The van der Waals surface area contributed by atoms with Gasteiger partial charge in [0.1, 0.15) is 0 Å². The van der Waals surface area contributed by atoms with Gasteiger partial charge in [-0.2, -0.15) is 0 Å². The fourth-order valence-corrected chi connectivity index (χ4v) is 1.70. The molecule has 2 rings (SSSR count). The normalized spacial score (nSPS) is 11.0. The number of hydrogen-bond acceptors (Lipinski definition) is 3. The Balaban J connectivity index is 0.00000242. The third-order valence-corrected chi connectivity index (χ3v) is 2.63. The maximum Gasteiger partial charge on any atom is 0.213 e. The Morgan fingerprint density at radius 2 is 1.95 bits per heavy atom. The molecule has 6 heteroatoms. The van der Waals surface area contributed by atoms with Gasteiger partial charge in [-0.1, -0.05) is 24.3 Å². The van der Waals surface area contributed by atoms with Crippen LogP contribution >= 0.6 is 24.0 Å². The Morgan fingerprint density at radius 3 is 2.55 bits per heavy atom. The van der Waals surface area contributed by atoms with Crippen molar-refractivity contribution in [3.05, 3.63) is 54.2 Å². The van der Waals surface area contributed by atoms with E-state index in [0.717, 1.165) is 11.3 Å². The minimum atomic E-state index is 0. The molecule has 22 heavy (non-hydrogen) atoms. The Bertz CT molecular complexity index is 585. The second kappa shape index (κ2) is 9.24. The lowest BCUT2D eigenvalue weighted by atomic mass is 10.3. The summed E-state index contributed by atoms with van der Waals surface area (Å²) in [6, 6.07) is 13.5. The zero-order chi connectivity index (χ0) is 15.1. The van der Waals surface area contributed by atoms with E-state index in [2.05, 4.69) is 15.3 Å². The molecule has 0 saturated heterocycles. The van der Waals surface area contributed by atoms with E-state index >= 15 is 0 Å². The minimum Gasteiger partial charge on any atom is -0.475 e. The van der Waals surface area contributed by atoms with Gasteiger partial charge < -0.3 is 15.8 Å². The standard InChI is InChI=1S/C16H20N4O.HI/c1-12(2)21-15-9-8-13(10-18-15)11-19-16(17)20-14-6-4-3-5-7-14;/h3-10,12H,11H2,1-2H3,(H3,17,19,20);1H. The van der Waals surface area contributed by atoms with Gasteiger partial charge >= 0.3 is 0 Å². The quantitative estimate of drug-likeness (QED) is 0.449. The maximum atomic E-state index is 5.84. The van der Waals surface area contributed by atoms with E-state index in [9.17, 15) is 0 Å². The van der Waals surface area contributed by atoms with Crippen LogP contribution in [0.2, 0.25) is 0 Å². The summed E-state index contributed by atoms with van der Waals surface area (Å²) < 4.78 is 5.49. The van der Waals surface area contributed by atoms with Crippen LogP contribution in [0.25, 0.3) is 0 Å². The van der Waals surface area contributed by atoms with Crippen LogP contribution in [0.1, 0.15) is 19.4 Å². The molecule has 1 aromatic heterocycles. The minimum absolute atomic E-state index is 0. The monoisotopic (exact) mass is 412 g/mol. The van der Waals surface area contributed by atoms with Gasteiger partial charge in [0.2, 0.25) is 5.88 Å². The number of nitrogens with two attached hydrogens (primary N) is 1. The maximum absolute atomic E-state index is 5.84. The molecule has 0 aliphatic rings. The van der Waals surface area contributed by atoms with E-state index in [1.807, 2.05) is 56.3 Å². The van der Waals surface area contributed by atoms with Crippen molar-refractivity contribution < 1.29 is 4.74 Å². The Hall–Kier alpha value is -1.83. The summed E-state index contributed by atoms with van der Waals surface area (Å²) in [6.07, 6.45) is 1.86. The molecule has 118 valence electrons. The van der Waals surface area contributed by atoms with E-state index in [-0.39, 0.29) is 30.1 Å². The van der Waals surface area contributed by atoms with E-state index in [0.29, 0.717) is 18.4 Å². The smallest absolute Gasteiger partial charge is 0.213 e. The zero-order valence-electron chi connectivity index (χ0n) is 12.7. The number of aromatic nitrogens is 1. The van der Waals surface area contributed by atoms with Crippen molar-refractivity contribution in [1.82, 2.24) is 4.98 Å². The Labute approximate surface area is 148 Å². The van der Waals surface area contributed by atoms with Gasteiger partial charge in [-0.25, -0.2) is 9.98 Å². The highest BCUT2D eigenvalue weighted by Crippen LogP contribution is 2.10. The fourth-order valence-electron chi connectivity index (χ4n) is 1.70. The highest BCUT2D eigenvalue weighted by Gasteiger charge is 2.00. The second-order valence-corrected chi connectivity index (χ2v) is 4.86. The highest BCUT2D eigenvalue weighted by molar-refractivity contribution is 14.0. The third kappa shape index (κ3) is 6.30. The molecule has 3 N–H and O–H groups in total. The molecule has 0 atom stereocenters. The zero-order valence-corrected chi connectivity index (χ0v) is 15.0. The molecule has 2 aromatic rings. The average molecular weight is 412 g/mol. The number of nitrogens with zero attached hydrogens (tertiary/aromatic N) is 2. The number of para-hydroxylation sites is 1. The summed E-state index contributed by atoms with van der Waals surface area (Å²) in [5.41, 5.74) is 7.73. The predicted octanol–water partition coefficient (Wildman–Crippen LogP) is 3.41. The molecule has 0 bridgehead atoms. The fraction of sp³-hybridized carbons (Fsp3) is 0.250. The number of guanidine groups is 1. The average Bonchev–Trinajstić information content (AvgIpc) is 2.47. The van der Waals surface area contributed by atoms with Crippen molar-refractivity contribution in [1.29, 1.82) is 0 Å². The summed E-state index contributed by atoms with van der Waals surface area (Å²) >= 11 is 0. The first-order valence-electron chi connectivity index (χ1n) is 6.87. The summed E-state index contributed by atoms with van der Waals surface area (Å²) in [4.78, 5) is 8.51. The molecule has 0 saturated carbocycles. The number of anilines is 1. The SMILES string of the molecule is CC(C)Oc1ccc(CN=C(N)Nc2ccccc2)cn1.I. The summed E-state index contributed by atoms with van der Waals surface area (Å²) in [6.45, 7) is 4.41. The van der Waals surface area contributed by atoms with Crippen LogP contribution in [-0.4, -0.2) is 17.0 Å². The van der Waals surface area contributed by atoms with Crippen LogP contribution in [-0.2, 0) is 6.54 Å². The van der Waals surface area contributed by atoms with Crippen LogP contribution in [0.3, 0.4) is 0 Å². The number of ether oxygens (including phenoxy) is 1. The van der Waals surface area contributed by atoms with E-state index in [1.165, 1.54) is 0 Å². The molecule has 0 amide bonds. The van der Waals surface area contributed by atoms with Crippen molar-refractivity contribution in [2.24, 2.45) is 10.7 Å². The topological polar surface area (TPSA) is 72.5 Å². The highest BCUT2D eigenvalue weighted by atomic mass is 127. The first-order chi connectivity index (χ1) is 10.1. The van der Waals surface area contributed by atoms with Gasteiger partial charge in [-0.3, -0.25) is 0 Å². The molecule has 0 aliphatic heterocycles. The number of hydrogen-bond donors (Lipinski definition) is 2. The van der Waals surface area contributed by atoms with Crippen LogP contribution in [0.4, 0.5) is 5.69 Å². The first kappa shape index (κ1) is 18.2. The predicted molar refractivity (Wildman–Crippen MR) is 101 cm³/mol. The molecule has 1 heterocycles. The molecule has 1 aromatic carbocycles. The van der Waals surface area contributed by atoms with E-state index in [4.69, 9.17) is 10.5 Å². The molecule has 5 nitrogen and oxygen atoms in total. The summed E-state index contributed by atoms with van der Waals surface area (Å²) in [7, 11) is 0. The summed E-state index contributed by atoms with van der Waals surface area (Å²) in [5.74, 6) is 0.997.